The molecule has 2 heterocycles. The maximum Gasteiger partial charge on any atom is 0.153 e. The first-order valence-corrected chi connectivity index (χ1v) is 5.08. The van der Waals surface area contributed by atoms with Crippen LogP contribution in [0.3, 0.4) is 0 Å². The molecule has 0 spiro atoms. The standard InChI is InChI=1S/C9H7FIN3/c1-6-5-14(13-9(6)11)8-3-2-7(10)4-12-8/h2-5H,1H3. The fraction of sp³-hybridized carbons (Fsp3) is 0.111. The van der Waals surface area contributed by atoms with Gasteiger partial charge in [-0.05, 0) is 41.6 Å². The highest BCUT2D eigenvalue weighted by atomic mass is 127. The molecule has 0 amide bonds. The molecule has 0 aromatic carbocycles. The highest BCUT2D eigenvalue weighted by Gasteiger charge is 2.03. The van der Waals surface area contributed by atoms with Gasteiger partial charge in [0.25, 0.3) is 0 Å². The molecule has 3 nitrogen and oxygen atoms in total. The van der Waals surface area contributed by atoms with Crippen molar-refractivity contribution in [3.05, 3.63) is 39.6 Å². The summed E-state index contributed by atoms with van der Waals surface area (Å²) in [7, 11) is 0. The van der Waals surface area contributed by atoms with Gasteiger partial charge in [0.2, 0.25) is 0 Å². The number of hydrogen-bond acceptors (Lipinski definition) is 2. The average Bonchev–Trinajstić information content (AvgIpc) is 2.48. The van der Waals surface area contributed by atoms with Crippen LogP contribution in [-0.2, 0) is 0 Å². The van der Waals surface area contributed by atoms with E-state index in [1.165, 1.54) is 12.3 Å². The van der Waals surface area contributed by atoms with Crippen LogP contribution in [0.1, 0.15) is 5.56 Å². The van der Waals surface area contributed by atoms with Crippen molar-refractivity contribution in [1.29, 1.82) is 0 Å². The second-order valence-electron chi connectivity index (χ2n) is 2.88. The summed E-state index contributed by atoms with van der Waals surface area (Å²) in [4.78, 5) is 3.93. The summed E-state index contributed by atoms with van der Waals surface area (Å²) in [6.45, 7) is 1.97. The van der Waals surface area contributed by atoms with E-state index in [-0.39, 0.29) is 5.82 Å². The molecular weight excluding hydrogens is 296 g/mol. The van der Waals surface area contributed by atoms with E-state index in [9.17, 15) is 4.39 Å². The van der Waals surface area contributed by atoms with Crippen LogP contribution in [0, 0.1) is 16.4 Å². The molecule has 0 fully saturated rings. The van der Waals surface area contributed by atoms with Crippen LogP contribution < -0.4 is 0 Å². The van der Waals surface area contributed by atoms with Crippen LogP contribution in [0.4, 0.5) is 4.39 Å². The van der Waals surface area contributed by atoms with E-state index in [1.54, 1.807) is 10.7 Å². The Morgan fingerprint density at radius 2 is 2.21 bits per heavy atom. The molecule has 0 atom stereocenters. The summed E-state index contributed by atoms with van der Waals surface area (Å²) in [6.07, 6.45) is 3.04. The SMILES string of the molecule is Cc1cn(-c2ccc(F)cn2)nc1I. The Labute approximate surface area is 94.1 Å². The number of nitrogens with zero attached hydrogens (tertiary/aromatic N) is 3. The third kappa shape index (κ3) is 1.77. The molecule has 0 saturated heterocycles. The third-order valence-corrected chi connectivity index (χ3v) is 2.85. The summed E-state index contributed by atoms with van der Waals surface area (Å²) in [5, 5.41) is 4.23. The third-order valence-electron chi connectivity index (χ3n) is 1.78. The molecular formula is C9H7FIN3. The Morgan fingerprint density at radius 3 is 2.71 bits per heavy atom. The van der Waals surface area contributed by atoms with E-state index < -0.39 is 0 Å². The van der Waals surface area contributed by atoms with Gasteiger partial charge in [-0.1, -0.05) is 0 Å². The van der Waals surface area contributed by atoms with Gasteiger partial charge in [-0.3, -0.25) is 0 Å². The number of halogens is 2. The van der Waals surface area contributed by atoms with Gasteiger partial charge in [0.15, 0.2) is 5.82 Å². The Hall–Kier alpha value is -0.980. The minimum atomic E-state index is -0.340. The predicted octanol–water partition coefficient (Wildman–Crippen LogP) is 2.32. The molecule has 0 unspecified atom stereocenters. The number of rotatable bonds is 1. The van der Waals surface area contributed by atoms with Crippen molar-refractivity contribution >= 4 is 22.6 Å². The first kappa shape index (κ1) is 9.57. The lowest BCUT2D eigenvalue weighted by Crippen LogP contribution is -1.97. The van der Waals surface area contributed by atoms with Gasteiger partial charge in [-0.15, -0.1) is 0 Å². The lowest BCUT2D eigenvalue weighted by atomic mass is 10.4. The van der Waals surface area contributed by atoms with Crippen LogP contribution in [0.25, 0.3) is 5.82 Å². The van der Waals surface area contributed by atoms with E-state index in [4.69, 9.17) is 0 Å². The van der Waals surface area contributed by atoms with Crippen molar-refractivity contribution in [1.82, 2.24) is 14.8 Å². The molecule has 5 heteroatoms. The van der Waals surface area contributed by atoms with E-state index in [1.807, 2.05) is 13.1 Å². The molecule has 2 rings (SSSR count). The van der Waals surface area contributed by atoms with Crippen LogP contribution in [0.15, 0.2) is 24.5 Å². The Balaban J connectivity index is 2.44. The number of pyridine rings is 1. The van der Waals surface area contributed by atoms with E-state index in [2.05, 4.69) is 32.7 Å². The van der Waals surface area contributed by atoms with E-state index in [0.717, 1.165) is 9.26 Å². The smallest absolute Gasteiger partial charge is 0.153 e. The molecule has 14 heavy (non-hydrogen) atoms. The van der Waals surface area contributed by atoms with Crippen LogP contribution in [0.2, 0.25) is 0 Å². The van der Waals surface area contributed by atoms with Crippen molar-refractivity contribution in [2.45, 2.75) is 6.92 Å². The first-order valence-electron chi connectivity index (χ1n) is 4.00. The Kier molecular flexibility index (Phi) is 2.49. The van der Waals surface area contributed by atoms with Gasteiger partial charge in [0.1, 0.15) is 9.52 Å². The molecule has 0 radical (unpaired) electrons. The molecule has 0 aliphatic heterocycles. The van der Waals surface area contributed by atoms with Crippen molar-refractivity contribution in [2.24, 2.45) is 0 Å². The zero-order valence-electron chi connectivity index (χ0n) is 7.41. The average molecular weight is 303 g/mol. The number of aryl methyl sites for hydroxylation is 1. The molecule has 0 N–H and O–H groups in total. The van der Waals surface area contributed by atoms with Gasteiger partial charge in [-0.25, -0.2) is 14.1 Å². The zero-order valence-corrected chi connectivity index (χ0v) is 9.56. The summed E-state index contributed by atoms with van der Waals surface area (Å²) < 4.78 is 15.2. The van der Waals surface area contributed by atoms with Crippen molar-refractivity contribution in [2.75, 3.05) is 0 Å². The zero-order chi connectivity index (χ0) is 10.1. The first-order chi connectivity index (χ1) is 6.66. The second-order valence-corrected chi connectivity index (χ2v) is 3.90. The van der Waals surface area contributed by atoms with Crippen molar-refractivity contribution < 1.29 is 4.39 Å². The van der Waals surface area contributed by atoms with Gasteiger partial charge in [0.05, 0.1) is 6.20 Å². The van der Waals surface area contributed by atoms with E-state index in [0.29, 0.717) is 5.82 Å². The maximum absolute atomic E-state index is 12.6. The second kappa shape index (κ2) is 3.64. The molecule has 0 bridgehead atoms. The van der Waals surface area contributed by atoms with Crippen LogP contribution in [-0.4, -0.2) is 14.8 Å². The van der Waals surface area contributed by atoms with Gasteiger partial charge < -0.3 is 0 Å². The molecule has 0 aliphatic rings. The largest absolute Gasteiger partial charge is 0.234 e. The topological polar surface area (TPSA) is 30.7 Å². The van der Waals surface area contributed by atoms with Gasteiger partial charge in [-0.2, -0.15) is 5.10 Å². The summed E-state index contributed by atoms with van der Waals surface area (Å²) in [6, 6.07) is 2.96. The predicted molar refractivity (Wildman–Crippen MR) is 58.8 cm³/mol. The highest BCUT2D eigenvalue weighted by molar-refractivity contribution is 14.1. The number of hydrogen-bond donors (Lipinski definition) is 0. The molecule has 2 aromatic heterocycles. The minimum Gasteiger partial charge on any atom is -0.234 e. The summed E-state index contributed by atoms with van der Waals surface area (Å²) in [5.74, 6) is 0.282. The minimum absolute atomic E-state index is 0.340. The lowest BCUT2D eigenvalue weighted by molar-refractivity contribution is 0.619. The number of aromatic nitrogens is 3. The maximum atomic E-state index is 12.6. The highest BCUT2D eigenvalue weighted by Crippen LogP contribution is 2.11. The summed E-state index contributed by atoms with van der Waals surface area (Å²) in [5.41, 5.74) is 1.08. The fourth-order valence-corrected chi connectivity index (χ4v) is 1.43. The van der Waals surface area contributed by atoms with Crippen molar-refractivity contribution in [3.8, 4) is 5.82 Å². The molecule has 2 aromatic rings. The van der Waals surface area contributed by atoms with Crippen molar-refractivity contribution in [3.63, 3.8) is 0 Å². The Morgan fingerprint density at radius 1 is 1.43 bits per heavy atom. The molecule has 72 valence electrons. The quantitative estimate of drug-likeness (QED) is 0.757. The van der Waals surface area contributed by atoms with Gasteiger partial charge >= 0.3 is 0 Å². The molecule has 0 aliphatic carbocycles. The summed E-state index contributed by atoms with van der Waals surface area (Å²) >= 11 is 2.14. The van der Waals surface area contributed by atoms with Crippen LogP contribution in [0.5, 0.6) is 0 Å². The molecule has 0 saturated carbocycles. The monoisotopic (exact) mass is 303 g/mol. The Bertz CT molecular complexity index is 430. The lowest BCUT2D eigenvalue weighted by Gasteiger charge is -1.97. The van der Waals surface area contributed by atoms with E-state index >= 15 is 0 Å². The fourth-order valence-electron chi connectivity index (χ4n) is 1.06. The van der Waals surface area contributed by atoms with Gasteiger partial charge in [0, 0.05) is 11.8 Å². The normalized spacial score (nSPS) is 10.5. The van der Waals surface area contributed by atoms with Crippen LogP contribution >= 0.6 is 22.6 Å².